The van der Waals surface area contributed by atoms with Crippen molar-refractivity contribution in [1.82, 2.24) is 14.7 Å². The number of rotatable bonds is 6. The summed E-state index contributed by atoms with van der Waals surface area (Å²) in [6.45, 7) is 6.39. The molecule has 3 heterocycles. The van der Waals surface area contributed by atoms with Gasteiger partial charge < -0.3 is 19.0 Å². The van der Waals surface area contributed by atoms with Crippen LogP contribution in [-0.4, -0.2) is 59.3 Å². The van der Waals surface area contributed by atoms with Crippen molar-refractivity contribution in [1.29, 1.82) is 0 Å². The van der Waals surface area contributed by atoms with Gasteiger partial charge in [-0.3, -0.25) is 4.79 Å². The molecule has 3 aromatic carbocycles. The van der Waals surface area contributed by atoms with Crippen LogP contribution in [0.1, 0.15) is 33.5 Å². The van der Waals surface area contributed by atoms with Crippen molar-refractivity contribution in [3.63, 3.8) is 0 Å². The summed E-state index contributed by atoms with van der Waals surface area (Å²) in [7, 11) is 0. The highest BCUT2D eigenvalue weighted by Gasteiger charge is 2.27. The Kier molecular flexibility index (Phi) is 7.01. The van der Waals surface area contributed by atoms with E-state index >= 15 is 0 Å². The average molecular weight is 553 g/mol. The van der Waals surface area contributed by atoms with Crippen molar-refractivity contribution < 1.29 is 23.1 Å². The molecular formula is C32H29FN4O4. The highest BCUT2D eigenvalue weighted by atomic mass is 19.1. The summed E-state index contributed by atoms with van der Waals surface area (Å²) >= 11 is 0. The predicted molar refractivity (Wildman–Crippen MR) is 154 cm³/mol. The predicted octanol–water partition coefficient (Wildman–Crippen LogP) is 5.87. The second-order valence-electron chi connectivity index (χ2n) is 9.91. The smallest absolute Gasteiger partial charge is 0.358 e. The van der Waals surface area contributed by atoms with Gasteiger partial charge in [-0.15, -0.1) is 0 Å². The van der Waals surface area contributed by atoms with E-state index in [-0.39, 0.29) is 18.2 Å². The summed E-state index contributed by atoms with van der Waals surface area (Å²) in [6, 6.07) is 23.3. The monoisotopic (exact) mass is 552 g/mol. The van der Waals surface area contributed by atoms with Crippen molar-refractivity contribution in [2.45, 2.75) is 13.8 Å². The molecule has 0 aliphatic carbocycles. The average Bonchev–Trinajstić information content (AvgIpc) is 3.59. The van der Waals surface area contributed by atoms with E-state index in [9.17, 15) is 14.0 Å². The second kappa shape index (κ2) is 10.9. The molecule has 1 fully saturated rings. The molecule has 0 radical (unpaired) electrons. The van der Waals surface area contributed by atoms with E-state index < -0.39 is 11.8 Å². The van der Waals surface area contributed by atoms with Gasteiger partial charge in [-0.1, -0.05) is 36.4 Å². The maximum atomic E-state index is 14.0. The Hall–Kier alpha value is -4.92. The van der Waals surface area contributed by atoms with Crippen LogP contribution in [0, 0.1) is 12.7 Å². The lowest BCUT2D eigenvalue weighted by Gasteiger charge is -2.35. The number of furan rings is 1. The molecule has 6 rings (SSSR count). The number of benzene rings is 3. The van der Waals surface area contributed by atoms with Crippen molar-refractivity contribution in [2.75, 3.05) is 37.7 Å². The third kappa shape index (κ3) is 5.06. The number of fused-ring (bicyclic) bond motifs is 1. The molecule has 9 heteroatoms. The number of nitrogens with zero attached hydrogens (tertiary/aromatic N) is 4. The minimum Gasteiger partial charge on any atom is -0.461 e. The molecular weight excluding hydrogens is 523 g/mol. The van der Waals surface area contributed by atoms with Crippen LogP contribution in [0.2, 0.25) is 0 Å². The van der Waals surface area contributed by atoms with E-state index in [1.165, 1.54) is 12.1 Å². The molecule has 208 valence electrons. The minimum atomic E-state index is -0.536. The van der Waals surface area contributed by atoms with Crippen LogP contribution in [0.5, 0.6) is 0 Å². The molecule has 0 saturated carbocycles. The van der Waals surface area contributed by atoms with Crippen LogP contribution in [0.15, 0.2) is 83.3 Å². The molecule has 2 aromatic heterocycles. The summed E-state index contributed by atoms with van der Waals surface area (Å²) in [5.74, 6) is -0.617. The zero-order valence-corrected chi connectivity index (χ0v) is 22.8. The van der Waals surface area contributed by atoms with Gasteiger partial charge in [-0.05, 0) is 56.3 Å². The number of hydrogen-bond donors (Lipinski definition) is 0. The minimum absolute atomic E-state index is 0.0864. The van der Waals surface area contributed by atoms with Crippen molar-refractivity contribution in [3.8, 4) is 16.9 Å². The molecule has 0 spiro atoms. The summed E-state index contributed by atoms with van der Waals surface area (Å²) in [4.78, 5) is 29.7. The quantitative estimate of drug-likeness (QED) is 0.245. The van der Waals surface area contributed by atoms with Gasteiger partial charge >= 0.3 is 5.97 Å². The number of para-hydroxylation sites is 1. The first-order valence-electron chi connectivity index (χ1n) is 13.6. The molecule has 41 heavy (non-hydrogen) atoms. The number of amides is 1. The molecule has 0 unspecified atom stereocenters. The summed E-state index contributed by atoms with van der Waals surface area (Å²) in [5, 5.41) is 5.38. The molecule has 1 saturated heterocycles. The van der Waals surface area contributed by atoms with Gasteiger partial charge in [0.15, 0.2) is 11.5 Å². The van der Waals surface area contributed by atoms with Gasteiger partial charge in [0.1, 0.15) is 11.4 Å². The van der Waals surface area contributed by atoms with Gasteiger partial charge in [0.2, 0.25) is 0 Å². The second-order valence-corrected chi connectivity index (χ2v) is 9.91. The standard InChI is InChI=1S/C32H29FN4O4/c1-3-40-32(39)27-20-28(37(34-27)25-8-6-7-23(33)19-25)22-11-13-24(14-12-22)35-15-17-36(18-16-35)31(38)30-21(2)26-9-4-5-10-29(26)41-30/h4-14,19-20H,3,15-18H2,1-2H3. The van der Waals surface area contributed by atoms with Gasteiger partial charge in [0, 0.05) is 48.4 Å². The molecule has 8 nitrogen and oxygen atoms in total. The zero-order valence-electron chi connectivity index (χ0n) is 22.8. The van der Waals surface area contributed by atoms with Gasteiger partial charge in [0.05, 0.1) is 18.0 Å². The van der Waals surface area contributed by atoms with Crippen molar-refractivity contribution >= 4 is 28.5 Å². The number of halogens is 1. The molecule has 1 amide bonds. The Labute approximate surface area is 236 Å². The van der Waals surface area contributed by atoms with Crippen LogP contribution in [0.3, 0.4) is 0 Å². The zero-order chi connectivity index (χ0) is 28.5. The number of carbonyl (C=O) groups is 2. The van der Waals surface area contributed by atoms with Crippen LogP contribution in [0.4, 0.5) is 10.1 Å². The highest BCUT2D eigenvalue weighted by molar-refractivity contribution is 5.99. The number of ether oxygens (including phenoxy) is 1. The van der Waals surface area contributed by atoms with E-state index in [0.29, 0.717) is 43.3 Å². The first-order chi connectivity index (χ1) is 19.9. The van der Waals surface area contributed by atoms with Crippen LogP contribution in [0.25, 0.3) is 27.9 Å². The van der Waals surface area contributed by atoms with Crippen LogP contribution < -0.4 is 4.90 Å². The Morgan fingerprint density at radius 1 is 0.927 bits per heavy atom. The van der Waals surface area contributed by atoms with E-state index in [0.717, 1.165) is 27.8 Å². The fourth-order valence-corrected chi connectivity index (χ4v) is 5.23. The Morgan fingerprint density at radius 3 is 2.39 bits per heavy atom. The maximum absolute atomic E-state index is 14.0. The number of aryl methyl sites for hydroxylation is 1. The topological polar surface area (TPSA) is 80.8 Å². The molecule has 0 bridgehead atoms. The van der Waals surface area contributed by atoms with Crippen LogP contribution in [-0.2, 0) is 4.74 Å². The molecule has 0 N–H and O–H groups in total. The number of anilines is 1. The first kappa shape index (κ1) is 26.3. The first-order valence-corrected chi connectivity index (χ1v) is 13.6. The third-order valence-electron chi connectivity index (χ3n) is 7.38. The van der Waals surface area contributed by atoms with Gasteiger partial charge in [-0.25, -0.2) is 13.9 Å². The lowest BCUT2D eigenvalue weighted by molar-refractivity contribution is 0.0518. The molecule has 0 atom stereocenters. The van der Waals surface area contributed by atoms with Crippen molar-refractivity contribution in [2.24, 2.45) is 0 Å². The number of aromatic nitrogens is 2. The number of piperazine rings is 1. The van der Waals surface area contributed by atoms with Crippen LogP contribution >= 0.6 is 0 Å². The largest absolute Gasteiger partial charge is 0.461 e. The van der Waals surface area contributed by atoms with E-state index in [2.05, 4.69) is 10.00 Å². The van der Waals surface area contributed by atoms with E-state index in [4.69, 9.17) is 9.15 Å². The van der Waals surface area contributed by atoms with E-state index in [1.807, 2.05) is 60.4 Å². The summed E-state index contributed by atoms with van der Waals surface area (Å²) in [6.07, 6.45) is 0. The lowest BCUT2D eigenvalue weighted by atomic mass is 10.1. The molecule has 5 aromatic rings. The Balaban J connectivity index is 1.19. The Morgan fingerprint density at radius 2 is 1.68 bits per heavy atom. The fraction of sp³-hybridized carbons (Fsp3) is 0.219. The lowest BCUT2D eigenvalue weighted by Crippen LogP contribution is -2.48. The number of hydrogen-bond acceptors (Lipinski definition) is 6. The molecule has 1 aliphatic rings. The third-order valence-corrected chi connectivity index (χ3v) is 7.38. The van der Waals surface area contributed by atoms with Gasteiger partial charge in [0.25, 0.3) is 5.91 Å². The maximum Gasteiger partial charge on any atom is 0.358 e. The number of carbonyl (C=O) groups excluding carboxylic acids is 2. The SMILES string of the molecule is CCOC(=O)c1cc(-c2ccc(N3CCN(C(=O)c4oc5ccccc5c4C)CC3)cc2)n(-c2cccc(F)c2)n1. The fourth-order valence-electron chi connectivity index (χ4n) is 5.23. The van der Waals surface area contributed by atoms with E-state index in [1.54, 1.807) is 29.8 Å². The highest BCUT2D eigenvalue weighted by Crippen LogP contribution is 2.29. The summed E-state index contributed by atoms with van der Waals surface area (Å²) in [5.41, 5.74) is 4.71. The normalized spacial score (nSPS) is 13.5. The van der Waals surface area contributed by atoms with Gasteiger partial charge in [-0.2, -0.15) is 5.10 Å². The Bertz CT molecular complexity index is 1730. The molecule has 1 aliphatic heterocycles. The summed E-state index contributed by atoms with van der Waals surface area (Å²) < 4.78 is 26.6. The van der Waals surface area contributed by atoms with Crippen molar-refractivity contribution in [3.05, 3.63) is 102 Å². The number of esters is 1.